The minimum Gasteiger partial charge on any atom is -0.374 e. The second-order valence-corrected chi connectivity index (χ2v) is 7.24. The zero-order chi connectivity index (χ0) is 14.4. The summed E-state index contributed by atoms with van der Waals surface area (Å²) in [5, 5.41) is 5.75. The number of hydrogen-bond donors (Lipinski definition) is 0. The minimum absolute atomic E-state index is 0.194. The third-order valence-corrected chi connectivity index (χ3v) is 5.45. The Balaban J connectivity index is 2.08. The lowest BCUT2D eigenvalue weighted by Gasteiger charge is -2.23. The molecule has 2 nitrogen and oxygen atoms in total. The van der Waals surface area contributed by atoms with Gasteiger partial charge in [-0.2, -0.15) is 0 Å². The second kappa shape index (κ2) is 3.44. The van der Waals surface area contributed by atoms with Gasteiger partial charge in [0.15, 0.2) is 0 Å². The molecule has 2 aromatic carbocycles. The highest BCUT2D eigenvalue weighted by atomic mass is 15.1. The molecule has 5 rings (SSSR count). The predicted molar refractivity (Wildman–Crippen MR) is 90.0 cm³/mol. The number of likely N-dealkylation sites (N-methyl/N-ethyl adjacent to an activating group) is 1. The Morgan fingerprint density at radius 2 is 1.95 bits per heavy atom. The summed E-state index contributed by atoms with van der Waals surface area (Å²) in [5.74, 6) is 0. The molecule has 0 saturated heterocycles. The van der Waals surface area contributed by atoms with Crippen molar-refractivity contribution < 1.29 is 0 Å². The summed E-state index contributed by atoms with van der Waals surface area (Å²) < 4.78 is 2.57. The highest BCUT2D eigenvalue weighted by Gasteiger charge is 2.30. The first-order chi connectivity index (χ1) is 10.1. The zero-order valence-corrected chi connectivity index (χ0v) is 12.9. The first-order valence-electron chi connectivity index (χ1n) is 7.88. The van der Waals surface area contributed by atoms with E-state index in [2.05, 4.69) is 60.7 Å². The van der Waals surface area contributed by atoms with E-state index in [0.29, 0.717) is 0 Å². The molecule has 0 fully saturated rings. The van der Waals surface area contributed by atoms with E-state index in [1.165, 1.54) is 44.7 Å². The molecule has 0 aliphatic carbocycles. The number of benzene rings is 2. The SMILES string of the molecule is CN1CCc2cc3c4c(cccc4c4n3C(C)(C)CC=4)c21. The van der Waals surface area contributed by atoms with Crippen molar-refractivity contribution in [3.05, 3.63) is 35.2 Å². The lowest BCUT2D eigenvalue weighted by molar-refractivity contribution is 0.394. The average molecular weight is 276 g/mol. The Hall–Kier alpha value is -1.96. The van der Waals surface area contributed by atoms with Gasteiger partial charge in [0.1, 0.15) is 0 Å². The van der Waals surface area contributed by atoms with Crippen LogP contribution >= 0.6 is 0 Å². The molecule has 0 amide bonds. The lowest BCUT2D eigenvalue weighted by atomic mass is 9.98. The van der Waals surface area contributed by atoms with E-state index in [9.17, 15) is 0 Å². The van der Waals surface area contributed by atoms with Crippen LogP contribution in [0.3, 0.4) is 0 Å². The van der Waals surface area contributed by atoms with Crippen LogP contribution < -0.4 is 10.2 Å². The van der Waals surface area contributed by atoms with Crippen molar-refractivity contribution in [1.82, 2.24) is 4.57 Å². The van der Waals surface area contributed by atoms with Gasteiger partial charge in [0.2, 0.25) is 0 Å². The predicted octanol–water partition coefficient (Wildman–Crippen LogP) is 3.43. The number of fused-ring (bicyclic) bond motifs is 5. The molecule has 0 bridgehead atoms. The van der Waals surface area contributed by atoms with Crippen LogP contribution in [0.15, 0.2) is 24.3 Å². The van der Waals surface area contributed by atoms with Crippen LogP contribution in [-0.2, 0) is 12.0 Å². The molecule has 106 valence electrons. The molecule has 1 aromatic heterocycles. The second-order valence-electron chi connectivity index (χ2n) is 7.24. The Bertz CT molecular complexity index is 959. The molecule has 3 aromatic rings. The maximum Gasteiger partial charge on any atom is 0.0506 e. The van der Waals surface area contributed by atoms with Crippen LogP contribution in [0, 0.1) is 0 Å². The molecule has 0 atom stereocenters. The molecule has 2 aliphatic rings. The maximum atomic E-state index is 2.57. The van der Waals surface area contributed by atoms with Crippen molar-refractivity contribution in [1.29, 1.82) is 0 Å². The molecule has 2 aliphatic heterocycles. The van der Waals surface area contributed by atoms with Crippen LogP contribution in [0.4, 0.5) is 5.69 Å². The average Bonchev–Trinajstić information content (AvgIpc) is 3.07. The highest BCUT2D eigenvalue weighted by molar-refractivity contribution is 6.16. The number of anilines is 1. The Labute approximate surface area is 124 Å². The lowest BCUT2D eigenvalue weighted by Crippen LogP contribution is -2.27. The Kier molecular flexibility index (Phi) is 1.91. The van der Waals surface area contributed by atoms with Gasteiger partial charge in [-0.1, -0.05) is 24.3 Å². The molecule has 3 heterocycles. The molecular weight excluding hydrogens is 256 g/mol. The smallest absolute Gasteiger partial charge is 0.0506 e. The monoisotopic (exact) mass is 276 g/mol. The van der Waals surface area contributed by atoms with Crippen LogP contribution in [0.25, 0.3) is 27.8 Å². The molecule has 0 unspecified atom stereocenters. The van der Waals surface area contributed by atoms with Gasteiger partial charge in [0.05, 0.1) is 5.52 Å². The van der Waals surface area contributed by atoms with Gasteiger partial charge in [-0.15, -0.1) is 0 Å². The van der Waals surface area contributed by atoms with Crippen molar-refractivity contribution in [3.63, 3.8) is 0 Å². The van der Waals surface area contributed by atoms with Crippen molar-refractivity contribution in [2.24, 2.45) is 0 Å². The van der Waals surface area contributed by atoms with E-state index >= 15 is 0 Å². The molecule has 0 saturated carbocycles. The van der Waals surface area contributed by atoms with E-state index in [0.717, 1.165) is 13.0 Å². The van der Waals surface area contributed by atoms with E-state index in [4.69, 9.17) is 0 Å². The largest absolute Gasteiger partial charge is 0.374 e. The molecule has 0 spiro atoms. The maximum absolute atomic E-state index is 2.57. The minimum atomic E-state index is 0.194. The van der Waals surface area contributed by atoms with Gasteiger partial charge in [-0.05, 0) is 38.3 Å². The summed E-state index contributed by atoms with van der Waals surface area (Å²) in [5.41, 5.74) is 4.60. The van der Waals surface area contributed by atoms with Gasteiger partial charge in [0.25, 0.3) is 0 Å². The Morgan fingerprint density at radius 1 is 1.14 bits per heavy atom. The van der Waals surface area contributed by atoms with E-state index in [1.54, 1.807) is 0 Å². The summed E-state index contributed by atoms with van der Waals surface area (Å²) in [4.78, 5) is 2.42. The third-order valence-electron chi connectivity index (χ3n) is 5.45. The number of rotatable bonds is 0. The van der Waals surface area contributed by atoms with Crippen molar-refractivity contribution in [2.45, 2.75) is 32.2 Å². The van der Waals surface area contributed by atoms with Gasteiger partial charge in [-0.3, -0.25) is 0 Å². The first-order valence-corrected chi connectivity index (χ1v) is 7.88. The van der Waals surface area contributed by atoms with Crippen molar-refractivity contribution in [2.75, 3.05) is 18.5 Å². The molecule has 2 heteroatoms. The highest BCUT2D eigenvalue weighted by Crippen LogP contribution is 2.42. The fourth-order valence-corrected chi connectivity index (χ4v) is 4.48. The zero-order valence-electron chi connectivity index (χ0n) is 12.9. The fourth-order valence-electron chi connectivity index (χ4n) is 4.48. The van der Waals surface area contributed by atoms with Crippen LogP contribution in [0.2, 0.25) is 0 Å². The van der Waals surface area contributed by atoms with E-state index < -0.39 is 0 Å². The van der Waals surface area contributed by atoms with Crippen LogP contribution in [0.5, 0.6) is 0 Å². The third kappa shape index (κ3) is 1.25. The molecule has 0 radical (unpaired) electrons. The summed E-state index contributed by atoms with van der Waals surface area (Å²) in [7, 11) is 2.22. The van der Waals surface area contributed by atoms with Gasteiger partial charge in [-0.25, -0.2) is 0 Å². The molecule has 0 N–H and O–H groups in total. The topological polar surface area (TPSA) is 8.17 Å². The first kappa shape index (κ1) is 11.7. The Morgan fingerprint density at radius 3 is 2.81 bits per heavy atom. The molecular formula is C19H20N2. The van der Waals surface area contributed by atoms with E-state index in [-0.39, 0.29) is 5.54 Å². The summed E-state index contributed by atoms with van der Waals surface area (Å²) in [6, 6.07) is 9.28. The van der Waals surface area contributed by atoms with Crippen LogP contribution in [-0.4, -0.2) is 18.2 Å². The normalized spacial score (nSPS) is 19.3. The summed E-state index contributed by atoms with van der Waals surface area (Å²) in [6.07, 6.45) is 4.73. The number of nitrogens with zero attached hydrogens (tertiary/aromatic N) is 2. The van der Waals surface area contributed by atoms with Gasteiger partial charge in [0, 0.05) is 46.3 Å². The van der Waals surface area contributed by atoms with Gasteiger partial charge >= 0.3 is 0 Å². The van der Waals surface area contributed by atoms with Crippen molar-refractivity contribution >= 4 is 33.4 Å². The standard InChI is InChI=1S/C19H20N2/c1-19(2)9-7-15-13-5-4-6-14-17(13)16(21(15)19)11-12-8-10-20(3)18(12)14/h4-7,11H,8-10H2,1-3H3. The fraction of sp³-hybridized carbons (Fsp3) is 0.368. The number of aromatic nitrogens is 1. The number of hydrogen-bond acceptors (Lipinski definition) is 1. The quantitative estimate of drug-likeness (QED) is 0.611. The summed E-state index contributed by atoms with van der Waals surface area (Å²) >= 11 is 0. The molecule has 21 heavy (non-hydrogen) atoms. The van der Waals surface area contributed by atoms with Crippen LogP contribution in [0.1, 0.15) is 25.8 Å². The summed E-state index contributed by atoms with van der Waals surface area (Å²) in [6.45, 7) is 5.85. The van der Waals surface area contributed by atoms with Gasteiger partial charge < -0.3 is 9.47 Å². The van der Waals surface area contributed by atoms with E-state index in [1.807, 2.05) is 0 Å². The van der Waals surface area contributed by atoms with Crippen molar-refractivity contribution in [3.8, 4) is 0 Å².